The van der Waals surface area contributed by atoms with Crippen LogP contribution in [0.5, 0.6) is 0 Å². The Labute approximate surface area is 117 Å². The standard InChI is InChI=1S/C14H19N3O3/c1-10-7-11(9-15-8-10)16-13(20)17-5-3-14(2,4-6-17)12(18)19/h7-9H,3-6H2,1-2H3,(H,16,20)(H,18,19). The van der Waals surface area contributed by atoms with Crippen LogP contribution >= 0.6 is 0 Å². The van der Waals surface area contributed by atoms with Gasteiger partial charge in [0, 0.05) is 19.3 Å². The number of urea groups is 1. The minimum atomic E-state index is -0.791. The largest absolute Gasteiger partial charge is 0.481 e. The molecular formula is C14H19N3O3. The second-order valence-electron chi connectivity index (χ2n) is 5.53. The molecule has 1 aliphatic rings. The Morgan fingerprint density at radius 3 is 2.55 bits per heavy atom. The summed E-state index contributed by atoms with van der Waals surface area (Å²) in [6.07, 6.45) is 4.26. The van der Waals surface area contributed by atoms with Gasteiger partial charge in [-0.15, -0.1) is 0 Å². The second-order valence-corrected chi connectivity index (χ2v) is 5.53. The van der Waals surface area contributed by atoms with Crippen LogP contribution in [0, 0.1) is 12.3 Å². The smallest absolute Gasteiger partial charge is 0.321 e. The number of anilines is 1. The van der Waals surface area contributed by atoms with Gasteiger partial charge in [-0.3, -0.25) is 9.78 Å². The van der Waals surface area contributed by atoms with E-state index in [0.29, 0.717) is 31.6 Å². The fraction of sp³-hybridized carbons (Fsp3) is 0.500. The molecule has 1 fully saturated rings. The van der Waals surface area contributed by atoms with Crippen LogP contribution in [0.25, 0.3) is 0 Å². The molecule has 2 rings (SSSR count). The van der Waals surface area contributed by atoms with Crippen LogP contribution in [0.1, 0.15) is 25.3 Å². The lowest BCUT2D eigenvalue weighted by Gasteiger charge is -2.36. The molecule has 0 spiro atoms. The van der Waals surface area contributed by atoms with Gasteiger partial charge in [-0.2, -0.15) is 0 Å². The highest BCUT2D eigenvalue weighted by atomic mass is 16.4. The van der Waals surface area contributed by atoms with E-state index in [9.17, 15) is 9.59 Å². The molecule has 0 radical (unpaired) electrons. The lowest BCUT2D eigenvalue weighted by atomic mass is 9.80. The third-order valence-electron chi connectivity index (χ3n) is 3.80. The van der Waals surface area contributed by atoms with E-state index < -0.39 is 11.4 Å². The number of carbonyl (C=O) groups is 2. The number of carbonyl (C=O) groups excluding carboxylic acids is 1. The summed E-state index contributed by atoms with van der Waals surface area (Å²) in [7, 11) is 0. The summed E-state index contributed by atoms with van der Waals surface area (Å²) in [6, 6.07) is 1.64. The van der Waals surface area contributed by atoms with Gasteiger partial charge in [0.05, 0.1) is 17.3 Å². The number of likely N-dealkylation sites (tertiary alicyclic amines) is 1. The van der Waals surface area contributed by atoms with Crippen LogP contribution in [0.2, 0.25) is 0 Å². The quantitative estimate of drug-likeness (QED) is 0.867. The van der Waals surface area contributed by atoms with Crippen molar-refractivity contribution in [3.63, 3.8) is 0 Å². The number of piperidine rings is 1. The minimum Gasteiger partial charge on any atom is -0.481 e. The molecule has 1 aliphatic heterocycles. The molecule has 0 atom stereocenters. The third kappa shape index (κ3) is 3.07. The topological polar surface area (TPSA) is 82.5 Å². The van der Waals surface area contributed by atoms with Crippen LogP contribution in [-0.2, 0) is 4.79 Å². The Morgan fingerprint density at radius 1 is 1.35 bits per heavy atom. The molecule has 0 aromatic carbocycles. The maximum atomic E-state index is 12.1. The van der Waals surface area contributed by atoms with E-state index in [-0.39, 0.29) is 6.03 Å². The molecule has 2 N–H and O–H groups in total. The lowest BCUT2D eigenvalue weighted by molar-refractivity contribution is -0.150. The van der Waals surface area contributed by atoms with Crippen molar-refractivity contribution in [2.45, 2.75) is 26.7 Å². The fourth-order valence-corrected chi connectivity index (χ4v) is 2.24. The van der Waals surface area contributed by atoms with E-state index in [0.717, 1.165) is 5.56 Å². The van der Waals surface area contributed by atoms with Crippen molar-refractivity contribution in [1.82, 2.24) is 9.88 Å². The van der Waals surface area contributed by atoms with Crippen LogP contribution in [0.3, 0.4) is 0 Å². The number of aliphatic carboxylic acids is 1. The summed E-state index contributed by atoms with van der Waals surface area (Å²) in [5.74, 6) is -0.791. The van der Waals surface area contributed by atoms with E-state index in [1.807, 2.05) is 13.0 Å². The number of aryl methyl sites for hydroxylation is 1. The molecule has 0 unspecified atom stereocenters. The second kappa shape index (κ2) is 5.48. The number of aromatic nitrogens is 1. The van der Waals surface area contributed by atoms with Crippen molar-refractivity contribution in [1.29, 1.82) is 0 Å². The highest BCUT2D eigenvalue weighted by Crippen LogP contribution is 2.31. The first-order valence-electron chi connectivity index (χ1n) is 6.62. The predicted octanol–water partition coefficient (Wildman–Crippen LogP) is 2.11. The molecule has 108 valence electrons. The lowest BCUT2D eigenvalue weighted by Crippen LogP contribution is -2.46. The number of rotatable bonds is 2. The zero-order valence-electron chi connectivity index (χ0n) is 11.7. The van der Waals surface area contributed by atoms with Gasteiger partial charge >= 0.3 is 12.0 Å². The SMILES string of the molecule is Cc1cncc(NC(=O)N2CCC(C)(C(=O)O)CC2)c1. The Hall–Kier alpha value is -2.11. The third-order valence-corrected chi connectivity index (χ3v) is 3.80. The number of hydrogen-bond donors (Lipinski definition) is 2. The molecule has 6 nitrogen and oxygen atoms in total. The molecule has 6 heteroatoms. The van der Waals surface area contributed by atoms with E-state index in [1.165, 1.54) is 0 Å². The molecule has 1 aromatic rings. The van der Waals surface area contributed by atoms with Gasteiger partial charge in [-0.25, -0.2) is 4.79 Å². The van der Waals surface area contributed by atoms with E-state index in [4.69, 9.17) is 5.11 Å². The normalized spacial score (nSPS) is 17.6. The Balaban J connectivity index is 1.94. The highest BCUT2D eigenvalue weighted by Gasteiger charge is 2.38. The number of hydrogen-bond acceptors (Lipinski definition) is 3. The Kier molecular flexibility index (Phi) is 3.92. The van der Waals surface area contributed by atoms with Crippen LogP contribution in [0.15, 0.2) is 18.5 Å². The Bertz CT molecular complexity index is 522. The first-order chi connectivity index (χ1) is 9.40. The van der Waals surface area contributed by atoms with Crippen molar-refractivity contribution >= 4 is 17.7 Å². The molecule has 1 aromatic heterocycles. The van der Waals surface area contributed by atoms with Crippen molar-refractivity contribution in [3.8, 4) is 0 Å². The molecule has 2 amide bonds. The molecule has 1 saturated heterocycles. The van der Waals surface area contributed by atoms with Crippen molar-refractivity contribution in [2.24, 2.45) is 5.41 Å². The van der Waals surface area contributed by atoms with Crippen LogP contribution in [0.4, 0.5) is 10.5 Å². The maximum Gasteiger partial charge on any atom is 0.321 e. The fourth-order valence-electron chi connectivity index (χ4n) is 2.24. The average Bonchev–Trinajstić information content (AvgIpc) is 2.39. The first kappa shape index (κ1) is 14.3. The van der Waals surface area contributed by atoms with E-state index >= 15 is 0 Å². The summed E-state index contributed by atoms with van der Waals surface area (Å²) in [4.78, 5) is 28.9. The van der Waals surface area contributed by atoms with Crippen molar-refractivity contribution in [3.05, 3.63) is 24.0 Å². The molecule has 2 heterocycles. The zero-order chi connectivity index (χ0) is 14.8. The van der Waals surface area contributed by atoms with Gasteiger partial charge in [-0.05, 0) is 38.3 Å². The van der Waals surface area contributed by atoms with Crippen molar-refractivity contribution in [2.75, 3.05) is 18.4 Å². The molecule has 0 aliphatic carbocycles. The number of nitrogens with one attached hydrogen (secondary N) is 1. The summed E-state index contributed by atoms with van der Waals surface area (Å²) >= 11 is 0. The van der Waals surface area contributed by atoms with Crippen LogP contribution < -0.4 is 5.32 Å². The van der Waals surface area contributed by atoms with Gasteiger partial charge < -0.3 is 15.3 Å². The van der Waals surface area contributed by atoms with Gasteiger partial charge in [0.2, 0.25) is 0 Å². The zero-order valence-corrected chi connectivity index (χ0v) is 11.7. The number of nitrogens with zero attached hydrogens (tertiary/aromatic N) is 2. The van der Waals surface area contributed by atoms with Gasteiger partial charge in [-0.1, -0.05) is 0 Å². The average molecular weight is 277 g/mol. The molecule has 0 saturated carbocycles. The number of amides is 2. The van der Waals surface area contributed by atoms with Gasteiger partial charge in [0.1, 0.15) is 0 Å². The summed E-state index contributed by atoms with van der Waals surface area (Å²) in [5.41, 5.74) is 0.906. The molecule has 0 bridgehead atoms. The summed E-state index contributed by atoms with van der Waals surface area (Å²) in [5, 5.41) is 11.9. The highest BCUT2D eigenvalue weighted by molar-refractivity contribution is 5.89. The van der Waals surface area contributed by atoms with E-state index in [1.54, 1.807) is 24.2 Å². The van der Waals surface area contributed by atoms with E-state index in [2.05, 4.69) is 10.3 Å². The Morgan fingerprint density at radius 2 is 2.00 bits per heavy atom. The maximum absolute atomic E-state index is 12.1. The van der Waals surface area contributed by atoms with Crippen molar-refractivity contribution < 1.29 is 14.7 Å². The predicted molar refractivity (Wildman–Crippen MR) is 74.5 cm³/mol. The van der Waals surface area contributed by atoms with Gasteiger partial charge in [0.15, 0.2) is 0 Å². The monoisotopic (exact) mass is 277 g/mol. The number of pyridine rings is 1. The first-order valence-corrected chi connectivity index (χ1v) is 6.62. The number of carboxylic acids is 1. The summed E-state index contributed by atoms with van der Waals surface area (Å²) in [6.45, 7) is 4.54. The van der Waals surface area contributed by atoms with Gasteiger partial charge in [0.25, 0.3) is 0 Å². The molecule has 20 heavy (non-hydrogen) atoms. The minimum absolute atomic E-state index is 0.204. The molecular weight excluding hydrogens is 258 g/mol. The summed E-state index contributed by atoms with van der Waals surface area (Å²) < 4.78 is 0. The van der Waals surface area contributed by atoms with Crippen LogP contribution in [-0.4, -0.2) is 40.1 Å². The number of carboxylic acid groups (broad SMARTS) is 1.